The van der Waals surface area contributed by atoms with Crippen LogP contribution in [0.3, 0.4) is 0 Å². The lowest BCUT2D eigenvalue weighted by Crippen LogP contribution is -2.40. The second-order valence-corrected chi connectivity index (χ2v) is 9.04. The third-order valence-corrected chi connectivity index (χ3v) is 4.78. The van der Waals surface area contributed by atoms with Crippen LogP contribution in [0, 0.1) is 0 Å². The summed E-state index contributed by atoms with van der Waals surface area (Å²) in [5.74, 6) is -0.00297. The summed E-state index contributed by atoms with van der Waals surface area (Å²) in [7, 11) is 4.11. The highest BCUT2D eigenvalue weighted by Crippen LogP contribution is 2.27. The number of hydrogen-bond donors (Lipinski definition) is 1. The first-order chi connectivity index (χ1) is 14.1. The molecule has 1 N–H and O–H groups in total. The SMILES string of the molecule is CN(C)Cc1cccc(-c2ccc(N3CC(NC(=O)OC(C)(C)C)CC3=O)cc2)c1. The number of benzene rings is 2. The van der Waals surface area contributed by atoms with Gasteiger partial charge in [0.25, 0.3) is 0 Å². The Labute approximate surface area is 178 Å². The van der Waals surface area contributed by atoms with Gasteiger partial charge in [-0.2, -0.15) is 0 Å². The molecule has 30 heavy (non-hydrogen) atoms. The number of nitrogens with zero attached hydrogens (tertiary/aromatic N) is 2. The topological polar surface area (TPSA) is 61.9 Å². The fourth-order valence-electron chi connectivity index (χ4n) is 3.58. The molecule has 0 radical (unpaired) electrons. The van der Waals surface area contributed by atoms with Crippen LogP contribution in [0.4, 0.5) is 10.5 Å². The summed E-state index contributed by atoms with van der Waals surface area (Å²) < 4.78 is 5.29. The van der Waals surface area contributed by atoms with E-state index in [4.69, 9.17) is 4.74 Å². The first-order valence-corrected chi connectivity index (χ1v) is 10.2. The van der Waals surface area contributed by atoms with Crippen LogP contribution in [0.25, 0.3) is 11.1 Å². The molecule has 0 bridgehead atoms. The largest absolute Gasteiger partial charge is 0.444 e. The van der Waals surface area contributed by atoms with Crippen molar-refractivity contribution in [2.45, 2.75) is 45.4 Å². The highest BCUT2D eigenvalue weighted by molar-refractivity contribution is 5.96. The van der Waals surface area contributed by atoms with Crippen molar-refractivity contribution < 1.29 is 14.3 Å². The predicted octanol–water partition coefficient (Wildman–Crippen LogP) is 4.05. The highest BCUT2D eigenvalue weighted by atomic mass is 16.6. The quantitative estimate of drug-likeness (QED) is 0.809. The lowest BCUT2D eigenvalue weighted by Gasteiger charge is -2.22. The van der Waals surface area contributed by atoms with Gasteiger partial charge in [-0.25, -0.2) is 4.79 Å². The Morgan fingerprint density at radius 2 is 1.83 bits per heavy atom. The van der Waals surface area contributed by atoms with E-state index in [1.54, 1.807) is 4.90 Å². The van der Waals surface area contributed by atoms with Crippen LogP contribution in [0.5, 0.6) is 0 Å². The monoisotopic (exact) mass is 409 g/mol. The second-order valence-electron chi connectivity index (χ2n) is 9.04. The number of alkyl carbamates (subject to hydrolysis) is 1. The molecule has 6 nitrogen and oxygen atoms in total. The van der Waals surface area contributed by atoms with Gasteiger partial charge in [0.2, 0.25) is 5.91 Å². The lowest BCUT2D eigenvalue weighted by atomic mass is 10.0. The molecule has 1 atom stereocenters. The van der Waals surface area contributed by atoms with Gasteiger partial charge in [0.15, 0.2) is 0 Å². The van der Waals surface area contributed by atoms with E-state index in [9.17, 15) is 9.59 Å². The molecular weight excluding hydrogens is 378 g/mol. The number of ether oxygens (including phenoxy) is 1. The molecule has 3 rings (SSSR count). The minimum absolute atomic E-state index is 0.00297. The molecule has 160 valence electrons. The average molecular weight is 410 g/mol. The van der Waals surface area contributed by atoms with E-state index in [1.165, 1.54) is 5.56 Å². The van der Waals surface area contributed by atoms with E-state index in [-0.39, 0.29) is 18.4 Å². The summed E-state index contributed by atoms with van der Waals surface area (Å²) in [5.41, 5.74) is 3.79. The van der Waals surface area contributed by atoms with Crippen molar-refractivity contribution in [1.29, 1.82) is 0 Å². The standard InChI is InChI=1S/C24H31N3O3/c1-24(2,3)30-23(29)25-20-14-22(28)27(16-20)21-11-9-18(10-12-21)19-8-6-7-17(13-19)15-26(4)5/h6-13,20H,14-16H2,1-5H3,(H,25,29). The van der Waals surface area contributed by atoms with Crippen molar-refractivity contribution in [3.63, 3.8) is 0 Å². The van der Waals surface area contributed by atoms with Gasteiger partial charge in [0.1, 0.15) is 5.60 Å². The summed E-state index contributed by atoms with van der Waals surface area (Å²) in [6, 6.07) is 16.2. The Morgan fingerprint density at radius 3 is 2.47 bits per heavy atom. The normalized spacial score (nSPS) is 16.8. The fraction of sp³-hybridized carbons (Fsp3) is 0.417. The second kappa shape index (κ2) is 8.88. The summed E-state index contributed by atoms with van der Waals surface area (Å²) in [5, 5.41) is 2.80. The van der Waals surface area contributed by atoms with E-state index in [1.807, 2.05) is 45.0 Å². The number of nitrogens with one attached hydrogen (secondary N) is 1. The molecule has 1 aliphatic rings. The van der Waals surface area contributed by atoms with E-state index in [0.717, 1.165) is 23.4 Å². The first kappa shape index (κ1) is 21.8. The minimum atomic E-state index is -0.563. The number of hydrogen-bond acceptors (Lipinski definition) is 4. The van der Waals surface area contributed by atoms with Gasteiger partial charge in [-0.1, -0.05) is 30.3 Å². The molecular formula is C24H31N3O3. The zero-order valence-electron chi connectivity index (χ0n) is 18.4. The highest BCUT2D eigenvalue weighted by Gasteiger charge is 2.32. The van der Waals surface area contributed by atoms with Crippen molar-refractivity contribution in [3.05, 3.63) is 54.1 Å². The molecule has 6 heteroatoms. The Hall–Kier alpha value is -2.86. The van der Waals surface area contributed by atoms with Crippen LogP contribution in [-0.2, 0) is 16.1 Å². The van der Waals surface area contributed by atoms with Crippen LogP contribution in [0.1, 0.15) is 32.8 Å². The van der Waals surface area contributed by atoms with Crippen molar-refractivity contribution in [2.24, 2.45) is 0 Å². The maximum atomic E-state index is 12.5. The maximum absolute atomic E-state index is 12.5. The zero-order chi connectivity index (χ0) is 21.9. The molecule has 2 amide bonds. The molecule has 2 aromatic rings. The molecule has 0 aliphatic carbocycles. The molecule has 2 aromatic carbocycles. The molecule has 0 spiro atoms. The van der Waals surface area contributed by atoms with Gasteiger partial charge in [-0.05, 0) is 69.8 Å². The Balaban J connectivity index is 1.66. The Bertz CT molecular complexity index is 901. The van der Waals surface area contributed by atoms with Crippen LogP contribution in [0.15, 0.2) is 48.5 Å². The van der Waals surface area contributed by atoms with Crippen molar-refractivity contribution in [3.8, 4) is 11.1 Å². The van der Waals surface area contributed by atoms with Crippen LogP contribution in [-0.4, -0.2) is 49.2 Å². The molecule has 1 saturated heterocycles. The summed E-state index contributed by atoms with van der Waals surface area (Å²) in [4.78, 5) is 28.3. The van der Waals surface area contributed by atoms with Crippen molar-refractivity contribution in [2.75, 3.05) is 25.5 Å². The van der Waals surface area contributed by atoms with E-state index < -0.39 is 11.7 Å². The maximum Gasteiger partial charge on any atom is 0.407 e. The fourth-order valence-corrected chi connectivity index (χ4v) is 3.58. The van der Waals surface area contributed by atoms with Gasteiger partial charge in [-0.3, -0.25) is 4.79 Å². The third-order valence-electron chi connectivity index (χ3n) is 4.78. The van der Waals surface area contributed by atoms with E-state index >= 15 is 0 Å². The van der Waals surface area contributed by atoms with Crippen LogP contribution >= 0.6 is 0 Å². The van der Waals surface area contributed by atoms with Crippen molar-refractivity contribution >= 4 is 17.7 Å². The zero-order valence-corrected chi connectivity index (χ0v) is 18.4. The van der Waals surface area contributed by atoms with Gasteiger partial charge in [0.05, 0.1) is 6.04 Å². The summed E-state index contributed by atoms with van der Waals surface area (Å²) in [6.45, 7) is 6.78. The molecule has 1 fully saturated rings. The van der Waals surface area contributed by atoms with Crippen LogP contribution in [0.2, 0.25) is 0 Å². The molecule has 1 aliphatic heterocycles. The Morgan fingerprint density at radius 1 is 1.13 bits per heavy atom. The molecule has 0 saturated carbocycles. The number of carbonyl (C=O) groups is 2. The number of rotatable bonds is 5. The minimum Gasteiger partial charge on any atom is -0.444 e. The molecule has 1 unspecified atom stereocenters. The lowest BCUT2D eigenvalue weighted by molar-refractivity contribution is -0.117. The van der Waals surface area contributed by atoms with Crippen molar-refractivity contribution in [1.82, 2.24) is 10.2 Å². The average Bonchev–Trinajstić information content (AvgIpc) is 3.00. The van der Waals surface area contributed by atoms with Gasteiger partial charge in [0, 0.05) is 25.2 Å². The Kier molecular flexibility index (Phi) is 6.46. The first-order valence-electron chi connectivity index (χ1n) is 10.2. The number of amides is 2. The number of anilines is 1. The smallest absolute Gasteiger partial charge is 0.407 e. The third kappa shape index (κ3) is 5.83. The van der Waals surface area contributed by atoms with Crippen LogP contribution < -0.4 is 10.2 Å². The summed E-state index contributed by atoms with van der Waals surface area (Å²) in [6.07, 6.45) is -0.219. The van der Waals surface area contributed by atoms with Gasteiger partial charge in [-0.15, -0.1) is 0 Å². The van der Waals surface area contributed by atoms with Gasteiger partial charge >= 0.3 is 6.09 Å². The molecule has 1 heterocycles. The molecule has 0 aromatic heterocycles. The predicted molar refractivity (Wildman–Crippen MR) is 119 cm³/mol. The summed E-state index contributed by atoms with van der Waals surface area (Å²) >= 11 is 0. The number of carbonyl (C=O) groups excluding carboxylic acids is 2. The van der Waals surface area contributed by atoms with E-state index in [2.05, 4.69) is 48.6 Å². The van der Waals surface area contributed by atoms with E-state index in [0.29, 0.717) is 6.54 Å². The van der Waals surface area contributed by atoms with Gasteiger partial charge < -0.3 is 19.9 Å².